The third kappa shape index (κ3) is 3.27. The van der Waals surface area contributed by atoms with Crippen LogP contribution < -0.4 is 15.6 Å². The second-order valence-electron chi connectivity index (χ2n) is 5.91. The second kappa shape index (κ2) is 6.79. The molecule has 0 aliphatic heterocycles. The van der Waals surface area contributed by atoms with E-state index < -0.39 is 0 Å². The zero-order chi connectivity index (χ0) is 17.1. The van der Waals surface area contributed by atoms with Crippen molar-refractivity contribution in [1.29, 1.82) is 0 Å². The van der Waals surface area contributed by atoms with Crippen LogP contribution in [-0.4, -0.2) is 11.6 Å². The van der Waals surface area contributed by atoms with Crippen LogP contribution in [0.25, 0.3) is 10.9 Å². The minimum Gasteiger partial charge on any atom is -0.494 e. The number of hydrogen-bond donors (Lipinski definition) is 2. The monoisotopic (exact) mass is 322 g/mol. The Morgan fingerprint density at radius 2 is 1.96 bits per heavy atom. The lowest BCUT2D eigenvalue weighted by atomic mass is 10.1. The molecule has 0 fully saturated rings. The molecule has 0 bridgehead atoms. The summed E-state index contributed by atoms with van der Waals surface area (Å²) in [6.45, 7) is 7.22. The van der Waals surface area contributed by atoms with Crippen molar-refractivity contribution in [2.45, 2.75) is 27.3 Å². The number of fused-ring (bicyclic) bond motifs is 1. The van der Waals surface area contributed by atoms with Gasteiger partial charge in [-0.15, -0.1) is 0 Å². The standard InChI is InChI=1S/C20H22N2O2/c1-4-24-17-8-9-19-15(11-17)10-16(20(23)22-19)12-21-18-7-5-6-13(2)14(18)3/h5-11,21H,4,12H2,1-3H3,(H,22,23). The van der Waals surface area contributed by atoms with E-state index in [9.17, 15) is 4.79 Å². The Labute approximate surface area is 141 Å². The zero-order valence-electron chi connectivity index (χ0n) is 14.3. The molecule has 3 aromatic rings. The number of H-pyrrole nitrogens is 1. The maximum absolute atomic E-state index is 12.3. The molecule has 0 unspecified atom stereocenters. The van der Waals surface area contributed by atoms with Crippen molar-refractivity contribution in [2.24, 2.45) is 0 Å². The first-order valence-corrected chi connectivity index (χ1v) is 8.17. The molecule has 124 valence electrons. The normalized spacial score (nSPS) is 10.8. The smallest absolute Gasteiger partial charge is 0.253 e. The fourth-order valence-electron chi connectivity index (χ4n) is 2.75. The van der Waals surface area contributed by atoms with E-state index in [1.54, 1.807) is 0 Å². The Morgan fingerprint density at radius 3 is 2.75 bits per heavy atom. The molecule has 2 N–H and O–H groups in total. The topological polar surface area (TPSA) is 54.1 Å². The number of aromatic nitrogens is 1. The number of ether oxygens (including phenoxy) is 1. The quantitative estimate of drug-likeness (QED) is 0.742. The average molecular weight is 322 g/mol. The molecule has 0 spiro atoms. The first-order valence-electron chi connectivity index (χ1n) is 8.17. The van der Waals surface area contributed by atoms with Gasteiger partial charge in [-0.3, -0.25) is 4.79 Å². The van der Waals surface area contributed by atoms with Crippen LogP contribution >= 0.6 is 0 Å². The van der Waals surface area contributed by atoms with Gasteiger partial charge in [-0.2, -0.15) is 0 Å². The lowest BCUT2D eigenvalue weighted by Gasteiger charge is -2.12. The maximum atomic E-state index is 12.3. The highest BCUT2D eigenvalue weighted by atomic mass is 16.5. The Hall–Kier alpha value is -2.75. The minimum absolute atomic E-state index is 0.0653. The van der Waals surface area contributed by atoms with Gasteiger partial charge >= 0.3 is 0 Å². The summed E-state index contributed by atoms with van der Waals surface area (Å²) in [5.41, 5.74) is 4.94. The summed E-state index contributed by atoms with van der Waals surface area (Å²) < 4.78 is 5.53. The van der Waals surface area contributed by atoms with Gasteiger partial charge in [-0.1, -0.05) is 12.1 Å². The van der Waals surface area contributed by atoms with Crippen LogP contribution in [0, 0.1) is 13.8 Å². The fourth-order valence-corrected chi connectivity index (χ4v) is 2.75. The first kappa shape index (κ1) is 16.1. The molecule has 4 heteroatoms. The highest BCUT2D eigenvalue weighted by Gasteiger charge is 2.06. The summed E-state index contributed by atoms with van der Waals surface area (Å²) in [5, 5.41) is 4.33. The lowest BCUT2D eigenvalue weighted by molar-refractivity contribution is 0.340. The molecule has 4 nitrogen and oxygen atoms in total. The number of nitrogens with one attached hydrogen (secondary N) is 2. The molecule has 1 heterocycles. The number of aromatic amines is 1. The molecule has 0 radical (unpaired) electrons. The highest BCUT2D eigenvalue weighted by molar-refractivity contribution is 5.80. The molecule has 0 aliphatic carbocycles. The van der Waals surface area contributed by atoms with Gasteiger partial charge in [0.05, 0.1) is 6.61 Å². The van der Waals surface area contributed by atoms with Gasteiger partial charge in [0.25, 0.3) is 5.56 Å². The number of rotatable bonds is 5. The molecule has 0 saturated heterocycles. The molecule has 1 aromatic heterocycles. The lowest BCUT2D eigenvalue weighted by Crippen LogP contribution is -2.16. The van der Waals surface area contributed by atoms with Gasteiger partial charge in [0, 0.05) is 28.7 Å². The third-order valence-corrected chi connectivity index (χ3v) is 4.28. The molecule has 2 aromatic carbocycles. The molecule has 3 rings (SSSR count). The molecule has 0 saturated carbocycles. The SMILES string of the molecule is CCOc1ccc2[nH]c(=O)c(CNc3cccc(C)c3C)cc2c1. The van der Waals surface area contributed by atoms with Gasteiger partial charge in [0.15, 0.2) is 0 Å². The van der Waals surface area contributed by atoms with Crippen LogP contribution in [0.4, 0.5) is 5.69 Å². The summed E-state index contributed by atoms with van der Waals surface area (Å²) in [7, 11) is 0. The highest BCUT2D eigenvalue weighted by Crippen LogP contribution is 2.21. The van der Waals surface area contributed by atoms with Crippen molar-refractivity contribution in [1.82, 2.24) is 4.98 Å². The van der Waals surface area contributed by atoms with Gasteiger partial charge in [0.1, 0.15) is 5.75 Å². The Balaban J connectivity index is 1.89. The summed E-state index contributed by atoms with van der Waals surface area (Å²) >= 11 is 0. The molecule has 0 atom stereocenters. The zero-order valence-corrected chi connectivity index (χ0v) is 14.3. The summed E-state index contributed by atoms with van der Waals surface area (Å²) in [4.78, 5) is 15.2. The van der Waals surface area contributed by atoms with Crippen molar-refractivity contribution < 1.29 is 4.74 Å². The van der Waals surface area contributed by atoms with E-state index in [1.165, 1.54) is 11.1 Å². The third-order valence-electron chi connectivity index (χ3n) is 4.28. The maximum Gasteiger partial charge on any atom is 0.253 e. The van der Waals surface area contributed by atoms with E-state index in [1.807, 2.05) is 43.3 Å². The molecular weight excluding hydrogens is 300 g/mol. The van der Waals surface area contributed by atoms with Crippen molar-refractivity contribution in [2.75, 3.05) is 11.9 Å². The predicted octanol–water partition coefficient (Wildman–Crippen LogP) is 4.16. The van der Waals surface area contributed by atoms with Gasteiger partial charge in [0.2, 0.25) is 0 Å². The van der Waals surface area contributed by atoms with E-state index in [-0.39, 0.29) is 5.56 Å². The van der Waals surface area contributed by atoms with Crippen LogP contribution in [-0.2, 0) is 6.54 Å². The van der Waals surface area contributed by atoms with Crippen LogP contribution in [0.2, 0.25) is 0 Å². The number of pyridine rings is 1. The van der Waals surface area contributed by atoms with Crippen molar-refractivity contribution in [3.63, 3.8) is 0 Å². The molecule has 24 heavy (non-hydrogen) atoms. The van der Waals surface area contributed by atoms with Gasteiger partial charge < -0.3 is 15.0 Å². The summed E-state index contributed by atoms with van der Waals surface area (Å²) in [6, 6.07) is 13.8. The van der Waals surface area contributed by atoms with Gasteiger partial charge in [-0.05, 0) is 62.2 Å². The molecular formula is C20H22N2O2. The van der Waals surface area contributed by atoms with Crippen LogP contribution in [0.5, 0.6) is 5.75 Å². The summed E-state index contributed by atoms with van der Waals surface area (Å²) in [5.74, 6) is 0.811. The van der Waals surface area contributed by atoms with Crippen molar-refractivity contribution >= 4 is 16.6 Å². The van der Waals surface area contributed by atoms with Crippen molar-refractivity contribution in [3.8, 4) is 5.75 Å². The number of anilines is 1. The van der Waals surface area contributed by atoms with Crippen LogP contribution in [0.15, 0.2) is 47.3 Å². The van der Waals surface area contributed by atoms with Crippen LogP contribution in [0.1, 0.15) is 23.6 Å². The van der Waals surface area contributed by atoms with Gasteiger partial charge in [-0.25, -0.2) is 0 Å². The summed E-state index contributed by atoms with van der Waals surface area (Å²) in [6.07, 6.45) is 0. The largest absolute Gasteiger partial charge is 0.494 e. The Kier molecular flexibility index (Phi) is 4.56. The Morgan fingerprint density at radius 1 is 1.12 bits per heavy atom. The minimum atomic E-state index is -0.0653. The van der Waals surface area contributed by atoms with Crippen LogP contribution in [0.3, 0.4) is 0 Å². The fraction of sp³-hybridized carbons (Fsp3) is 0.250. The average Bonchev–Trinajstić information content (AvgIpc) is 2.57. The van der Waals surface area contributed by atoms with E-state index in [4.69, 9.17) is 4.74 Å². The number of hydrogen-bond acceptors (Lipinski definition) is 3. The first-order chi connectivity index (χ1) is 11.6. The number of aryl methyl sites for hydroxylation is 1. The second-order valence-corrected chi connectivity index (χ2v) is 5.91. The van der Waals surface area contributed by atoms with E-state index in [0.29, 0.717) is 18.7 Å². The molecule has 0 aliphatic rings. The number of benzene rings is 2. The van der Waals surface area contributed by atoms with E-state index in [2.05, 4.69) is 30.2 Å². The van der Waals surface area contributed by atoms with E-state index >= 15 is 0 Å². The predicted molar refractivity (Wildman–Crippen MR) is 99.0 cm³/mol. The van der Waals surface area contributed by atoms with E-state index in [0.717, 1.165) is 22.3 Å². The molecule has 0 amide bonds. The Bertz CT molecular complexity index is 929. The van der Waals surface area contributed by atoms with Crippen molar-refractivity contribution in [3.05, 3.63) is 69.5 Å².